The first-order chi connectivity index (χ1) is 10.5. The van der Waals surface area contributed by atoms with Crippen LogP contribution in [-0.2, 0) is 4.79 Å². The molecule has 2 heterocycles. The Labute approximate surface area is 149 Å². The number of amides is 1. The molecule has 1 amide bonds. The van der Waals surface area contributed by atoms with Crippen molar-refractivity contribution in [2.24, 2.45) is 5.92 Å². The van der Waals surface area contributed by atoms with Gasteiger partial charge in [0, 0.05) is 41.2 Å². The summed E-state index contributed by atoms with van der Waals surface area (Å²) < 4.78 is 0. The summed E-state index contributed by atoms with van der Waals surface area (Å²) in [7, 11) is 1.95. The van der Waals surface area contributed by atoms with E-state index in [2.05, 4.69) is 5.32 Å². The molecule has 130 valence electrons. The van der Waals surface area contributed by atoms with Crippen molar-refractivity contribution in [2.75, 3.05) is 26.7 Å². The zero-order valence-corrected chi connectivity index (χ0v) is 15.8. The van der Waals surface area contributed by atoms with Crippen LogP contribution in [0.15, 0.2) is 6.07 Å². The lowest BCUT2D eigenvalue weighted by molar-refractivity contribution is -0.132. The van der Waals surface area contributed by atoms with Crippen molar-refractivity contribution in [3.8, 4) is 0 Å². The van der Waals surface area contributed by atoms with Crippen LogP contribution in [0.4, 0.5) is 0 Å². The van der Waals surface area contributed by atoms with Crippen molar-refractivity contribution in [1.82, 2.24) is 10.2 Å². The number of piperidine rings is 1. The Kier molecular flexibility index (Phi) is 8.23. The molecule has 6 heteroatoms. The van der Waals surface area contributed by atoms with Gasteiger partial charge in [-0.2, -0.15) is 0 Å². The van der Waals surface area contributed by atoms with Crippen LogP contribution in [0.25, 0.3) is 0 Å². The molecule has 1 atom stereocenters. The van der Waals surface area contributed by atoms with Gasteiger partial charge in [0.1, 0.15) is 0 Å². The highest BCUT2D eigenvalue weighted by atomic mass is 35.5. The van der Waals surface area contributed by atoms with Gasteiger partial charge in [0.15, 0.2) is 5.78 Å². The van der Waals surface area contributed by atoms with Crippen molar-refractivity contribution in [2.45, 2.75) is 39.5 Å². The van der Waals surface area contributed by atoms with E-state index >= 15 is 0 Å². The highest BCUT2D eigenvalue weighted by Gasteiger charge is 2.23. The topological polar surface area (TPSA) is 49.4 Å². The Bertz CT molecular complexity index is 543. The third kappa shape index (κ3) is 5.59. The largest absolute Gasteiger partial charge is 0.342 e. The fraction of sp³-hybridized carbons (Fsp3) is 0.647. The third-order valence-electron chi connectivity index (χ3n) is 4.27. The molecule has 0 saturated carbocycles. The fourth-order valence-corrected chi connectivity index (χ4v) is 4.11. The fourth-order valence-electron chi connectivity index (χ4n) is 3.17. The van der Waals surface area contributed by atoms with Gasteiger partial charge in [0.2, 0.25) is 5.91 Å². The van der Waals surface area contributed by atoms with Crippen molar-refractivity contribution in [3.63, 3.8) is 0 Å². The van der Waals surface area contributed by atoms with Crippen molar-refractivity contribution in [1.29, 1.82) is 0 Å². The maximum absolute atomic E-state index is 12.3. The molecule has 1 unspecified atom stereocenters. The molecule has 0 aromatic carbocycles. The van der Waals surface area contributed by atoms with Gasteiger partial charge in [-0.3, -0.25) is 9.59 Å². The summed E-state index contributed by atoms with van der Waals surface area (Å²) in [5.41, 5.74) is 0.794. The zero-order valence-electron chi connectivity index (χ0n) is 14.2. The van der Waals surface area contributed by atoms with Crippen LogP contribution in [0.1, 0.15) is 45.8 Å². The lowest BCUT2D eigenvalue weighted by Crippen LogP contribution is -2.42. The predicted molar refractivity (Wildman–Crippen MR) is 97.8 cm³/mol. The summed E-state index contributed by atoms with van der Waals surface area (Å²) in [5, 5.41) is 3.19. The van der Waals surface area contributed by atoms with Gasteiger partial charge < -0.3 is 10.2 Å². The third-order valence-corrected chi connectivity index (χ3v) is 5.24. The van der Waals surface area contributed by atoms with E-state index in [1.807, 2.05) is 31.9 Å². The van der Waals surface area contributed by atoms with E-state index in [1.165, 1.54) is 6.42 Å². The van der Waals surface area contributed by atoms with E-state index in [1.54, 1.807) is 11.3 Å². The van der Waals surface area contributed by atoms with E-state index in [0.717, 1.165) is 41.4 Å². The predicted octanol–water partition coefficient (Wildman–Crippen LogP) is 3.21. The number of Topliss-reactive ketones (excluding diaryl/α,β-unsaturated/α-hetero) is 1. The minimum absolute atomic E-state index is 0. The number of thiophene rings is 1. The number of nitrogens with one attached hydrogen (secondary N) is 1. The van der Waals surface area contributed by atoms with Crippen LogP contribution in [0.2, 0.25) is 0 Å². The van der Waals surface area contributed by atoms with Gasteiger partial charge in [-0.25, -0.2) is 0 Å². The molecule has 23 heavy (non-hydrogen) atoms. The van der Waals surface area contributed by atoms with Gasteiger partial charge in [-0.1, -0.05) is 0 Å². The van der Waals surface area contributed by atoms with Gasteiger partial charge >= 0.3 is 0 Å². The number of carbonyl (C=O) groups is 2. The summed E-state index contributed by atoms with van der Waals surface area (Å²) in [5.74, 6) is 0.762. The molecule has 1 N–H and O–H groups in total. The number of aryl methyl sites for hydroxylation is 2. The summed E-state index contributed by atoms with van der Waals surface area (Å²) in [6, 6.07) is 1.94. The number of hydrogen-bond acceptors (Lipinski definition) is 4. The Morgan fingerprint density at radius 3 is 2.70 bits per heavy atom. The van der Waals surface area contributed by atoms with Crippen LogP contribution < -0.4 is 5.32 Å². The summed E-state index contributed by atoms with van der Waals surface area (Å²) in [6.07, 6.45) is 2.90. The molecule has 1 fully saturated rings. The molecule has 0 bridgehead atoms. The van der Waals surface area contributed by atoms with E-state index in [0.29, 0.717) is 18.8 Å². The highest BCUT2D eigenvalue weighted by Crippen LogP contribution is 2.23. The van der Waals surface area contributed by atoms with E-state index < -0.39 is 0 Å². The molecule has 2 rings (SSSR count). The average molecular weight is 359 g/mol. The Morgan fingerprint density at radius 1 is 1.35 bits per heavy atom. The van der Waals surface area contributed by atoms with E-state index in [4.69, 9.17) is 0 Å². The van der Waals surface area contributed by atoms with E-state index in [-0.39, 0.29) is 24.1 Å². The second kappa shape index (κ2) is 9.40. The number of ketones is 1. The number of hydrogen-bond donors (Lipinski definition) is 1. The number of rotatable bonds is 6. The molecule has 1 aliphatic rings. The number of halogens is 1. The molecule has 1 aromatic rings. The Morgan fingerprint density at radius 2 is 2.09 bits per heavy atom. The molecule has 4 nitrogen and oxygen atoms in total. The molecular weight excluding hydrogens is 332 g/mol. The standard InChI is InChI=1S/C17H26N2O2S.ClH/c1-12-9-15(13(2)22-12)16(20)6-7-17(21)19-8-4-5-14(11-19)10-18-3;/h9,14,18H,4-8,10-11H2,1-3H3;1H. The Hall–Kier alpha value is -0.910. The average Bonchev–Trinajstić information content (AvgIpc) is 2.84. The first kappa shape index (κ1) is 20.1. The molecule has 0 aliphatic carbocycles. The summed E-state index contributed by atoms with van der Waals surface area (Å²) >= 11 is 1.64. The minimum atomic E-state index is 0. The minimum Gasteiger partial charge on any atom is -0.342 e. The van der Waals surface area contributed by atoms with Crippen molar-refractivity contribution >= 4 is 35.4 Å². The Balaban J connectivity index is 0.00000264. The first-order valence-electron chi connectivity index (χ1n) is 8.04. The molecule has 0 radical (unpaired) electrons. The lowest BCUT2D eigenvalue weighted by atomic mass is 9.97. The van der Waals surface area contributed by atoms with Crippen LogP contribution >= 0.6 is 23.7 Å². The normalized spacial score (nSPS) is 17.7. The van der Waals surface area contributed by atoms with Crippen LogP contribution in [0.3, 0.4) is 0 Å². The van der Waals surface area contributed by atoms with Gasteiger partial charge in [-0.15, -0.1) is 23.7 Å². The summed E-state index contributed by atoms with van der Waals surface area (Å²) in [6.45, 7) is 6.60. The number of likely N-dealkylation sites (tertiary alicyclic amines) is 1. The second-order valence-corrected chi connectivity index (χ2v) is 7.62. The molecule has 1 saturated heterocycles. The second-order valence-electron chi connectivity index (χ2n) is 6.16. The summed E-state index contributed by atoms with van der Waals surface area (Å²) in [4.78, 5) is 28.7. The molecular formula is C17H27ClN2O2S. The van der Waals surface area contributed by atoms with E-state index in [9.17, 15) is 9.59 Å². The van der Waals surface area contributed by atoms with Crippen LogP contribution in [0.5, 0.6) is 0 Å². The van der Waals surface area contributed by atoms with Gasteiger partial charge in [0.25, 0.3) is 0 Å². The molecule has 1 aliphatic heterocycles. The highest BCUT2D eigenvalue weighted by molar-refractivity contribution is 7.12. The zero-order chi connectivity index (χ0) is 16.1. The lowest BCUT2D eigenvalue weighted by Gasteiger charge is -2.32. The van der Waals surface area contributed by atoms with Crippen molar-refractivity contribution in [3.05, 3.63) is 21.4 Å². The molecule has 0 spiro atoms. The van der Waals surface area contributed by atoms with Gasteiger partial charge in [-0.05, 0) is 52.3 Å². The maximum atomic E-state index is 12.3. The maximum Gasteiger partial charge on any atom is 0.223 e. The number of carbonyl (C=O) groups excluding carboxylic acids is 2. The molecule has 1 aromatic heterocycles. The first-order valence-corrected chi connectivity index (χ1v) is 8.85. The monoisotopic (exact) mass is 358 g/mol. The van der Waals surface area contributed by atoms with Crippen LogP contribution in [-0.4, -0.2) is 43.3 Å². The van der Waals surface area contributed by atoms with Crippen molar-refractivity contribution < 1.29 is 9.59 Å². The smallest absolute Gasteiger partial charge is 0.223 e. The quantitative estimate of drug-likeness (QED) is 0.794. The number of nitrogens with zero attached hydrogens (tertiary/aromatic N) is 1. The van der Waals surface area contributed by atoms with Crippen LogP contribution in [0, 0.1) is 19.8 Å². The van der Waals surface area contributed by atoms with Gasteiger partial charge in [0.05, 0.1) is 0 Å². The SMILES string of the molecule is CNCC1CCCN(C(=O)CCC(=O)c2cc(C)sc2C)C1.Cl.